The van der Waals surface area contributed by atoms with Crippen LogP contribution in [0.4, 0.5) is 0 Å². The third-order valence-electron chi connectivity index (χ3n) is 4.55. The summed E-state index contributed by atoms with van der Waals surface area (Å²) in [6.07, 6.45) is 2.97. The van der Waals surface area contributed by atoms with Gasteiger partial charge in [0.1, 0.15) is 12.1 Å². The van der Waals surface area contributed by atoms with Crippen molar-refractivity contribution in [1.29, 1.82) is 0 Å². The normalized spacial score (nSPS) is 14.2. The summed E-state index contributed by atoms with van der Waals surface area (Å²) >= 11 is 0. The van der Waals surface area contributed by atoms with E-state index < -0.39 is 12.1 Å². The standard InChI is InChI=1S/C20H28N4O3/c1-5-12(2)22-19(26)13(3)23-20(27)18(24-14(4)25)10-15-11-21-17-9-7-6-8-16(15)17/h6-9,11-13,18,21H,5,10H2,1-4H3,(H,22,26)(H,23,27)(H,24,25). The largest absolute Gasteiger partial charge is 0.361 e. The molecule has 2 aromatic rings. The van der Waals surface area contributed by atoms with Crippen molar-refractivity contribution >= 4 is 28.6 Å². The molecule has 0 fully saturated rings. The fourth-order valence-corrected chi connectivity index (χ4v) is 2.82. The molecule has 0 spiro atoms. The van der Waals surface area contributed by atoms with Gasteiger partial charge in [-0.05, 0) is 31.9 Å². The number of H-pyrrole nitrogens is 1. The first-order chi connectivity index (χ1) is 12.8. The van der Waals surface area contributed by atoms with Gasteiger partial charge in [-0.3, -0.25) is 14.4 Å². The minimum Gasteiger partial charge on any atom is -0.361 e. The highest BCUT2D eigenvalue weighted by atomic mass is 16.2. The van der Waals surface area contributed by atoms with E-state index in [-0.39, 0.29) is 23.8 Å². The number of hydrogen-bond donors (Lipinski definition) is 4. The number of hydrogen-bond acceptors (Lipinski definition) is 3. The topological polar surface area (TPSA) is 103 Å². The summed E-state index contributed by atoms with van der Waals surface area (Å²) in [5, 5.41) is 9.22. The van der Waals surface area contributed by atoms with E-state index in [0.717, 1.165) is 22.9 Å². The molecule has 0 aliphatic carbocycles. The van der Waals surface area contributed by atoms with E-state index in [1.165, 1.54) is 6.92 Å². The molecule has 1 aromatic heterocycles. The fourth-order valence-electron chi connectivity index (χ4n) is 2.82. The quantitative estimate of drug-likeness (QED) is 0.566. The second-order valence-corrected chi connectivity index (χ2v) is 6.86. The van der Waals surface area contributed by atoms with Gasteiger partial charge in [-0.25, -0.2) is 0 Å². The molecule has 0 aliphatic rings. The molecule has 27 heavy (non-hydrogen) atoms. The average molecular weight is 372 g/mol. The number of carbonyl (C=O) groups is 3. The minimum atomic E-state index is -0.763. The van der Waals surface area contributed by atoms with Crippen LogP contribution < -0.4 is 16.0 Å². The van der Waals surface area contributed by atoms with Gasteiger partial charge in [-0.1, -0.05) is 25.1 Å². The zero-order valence-corrected chi connectivity index (χ0v) is 16.3. The Morgan fingerprint density at radius 1 is 1.04 bits per heavy atom. The van der Waals surface area contributed by atoms with Crippen molar-refractivity contribution in [2.45, 2.75) is 58.7 Å². The molecule has 3 amide bonds. The van der Waals surface area contributed by atoms with Crippen LogP contribution in [0.5, 0.6) is 0 Å². The van der Waals surface area contributed by atoms with Gasteiger partial charge in [-0.2, -0.15) is 0 Å². The van der Waals surface area contributed by atoms with Crippen molar-refractivity contribution in [3.8, 4) is 0 Å². The predicted octanol–water partition coefficient (Wildman–Crippen LogP) is 1.63. The van der Waals surface area contributed by atoms with Gasteiger partial charge >= 0.3 is 0 Å². The van der Waals surface area contributed by atoms with Gasteiger partial charge in [-0.15, -0.1) is 0 Å². The molecule has 1 aromatic carbocycles. The van der Waals surface area contributed by atoms with Crippen LogP contribution in [0.1, 0.15) is 39.7 Å². The Labute approximate surface area is 159 Å². The van der Waals surface area contributed by atoms with E-state index in [4.69, 9.17) is 0 Å². The Hall–Kier alpha value is -2.83. The lowest BCUT2D eigenvalue weighted by atomic mass is 10.0. The molecule has 0 saturated carbocycles. The maximum absolute atomic E-state index is 12.7. The Morgan fingerprint density at radius 2 is 1.74 bits per heavy atom. The lowest BCUT2D eigenvalue weighted by molar-refractivity contribution is -0.131. The third kappa shape index (κ3) is 5.57. The summed E-state index contributed by atoms with van der Waals surface area (Å²) in [6, 6.07) is 6.35. The van der Waals surface area contributed by atoms with Crippen molar-refractivity contribution in [1.82, 2.24) is 20.9 Å². The number of nitrogens with one attached hydrogen (secondary N) is 4. The van der Waals surface area contributed by atoms with E-state index in [2.05, 4.69) is 20.9 Å². The molecule has 4 N–H and O–H groups in total. The Bertz CT molecular complexity index is 814. The Morgan fingerprint density at radius 3 is 2.41 bits per heavy atom. The molecule has 0 saturated heterocycles. The monoisotopic (exact) mass is 372 g/mol. The van der Waals surface area contributed by atoms with Crippen LogP contribution in [0.25, 0.3) is 10.9 Å². The van der Waals surface area contributed by atoms with Gasteiger partial charge in [0, 0.05) is 36.5 Å². The zero-order chi connectivity index (χ0) is 20.0. The summed E-state index contributed by atoms with van der Waals surface area (Å²) in [7, 11) is 0. The number of fused-ring (bicyclic) bond motifs is 1. The maximum atomic E-state index is 12.7. The summed E-state index contributed by atoms with van der Waals surface area (Å²) in [6.45, 7) is 6.88. The van der Waals surface area contributed by atoms with Crippen molar-refractivity contribution in [3.05, 3.63) is 36.0 Å². The van der Waals surface area contributed by atoms with Crippen LogP contribution in [-0.2, 0) is 20.8 Å². The molecule has 7 nitrogen and oxygen atoms in total. The van der Waals surface area contributed by atoms with Crippen LogP contribution in [0.2, 0.25) is 0 Å². The predicted molar refractivity (Wildman–Crippen MR) is 105 cm³/mol. The van der Waals surface area contributed by atoms with Gasteiger partial charge in [0.2, 0.25) is 17.7 Å². The number of benzene rings is 1. The lowest BCUT2D eigenvalue weighted by Crippen LogP contribution is -2.54. The molecule has 0 bridgehead atoms. The second-order valence-electron chi connectivity index (χ2n) is 6.86. The molecule has 3 unspecified atom stereocenters. The number of aromatic nitrogens is 1. The van der Waals surface area contributed by atoms with Gasteiger partial charge in [0.05, 0.1) is 0 Å². The first kappa shape index (κ1) is 20.5. The average Bonchev–Trinajstić information content (AvgIpc) is 3.03. The van der Waals surface area contributed by atoms with Crippen LogP contribution in [0.3, 0.4) is 0 Å². The minimum absolute atomic E-state index is 0.0363. The molecular weight excluding hydrogens is 344 g/mol. The highest BCUT2D eigenvalue weighted by Crippen LogP contribution is 2.19. The molecule has 1 heterocycles. The number of rotatable bonds is 8. The SMILES string of the molecule is CCC(C)NC(=O)C(C)NC(=O)C(Cc1c[nH]c2ccccc12)NC(C)=O. The van der Waals surface area contributed by atoms with Crippen LogP contribution in [0, 0.1) is 0 Å². The summed E-state index contributed by atoms with van der Waals surface area (Å²) in [5.41, 5.74) is 1.90. The lowest BCUT2D eigenvalue weighted by Gasteiger charge is -2.21. The van der Waals surface area contributed by atoms with Gasteiger partial charge in [0.25, 0.3) is 0 Å². The summed E-state index contributed by atoms with van der Waals surface area (Å²) < 4.78 is 0. The highest BCUT2D eigenvalue weighted by Gasteiger charge is 2.25. The van der Waals surface area contributed by atoms with Crippen LogP contribution in [0.15, 0.2) is 30.5 Å². The number of carbonyl (C=O) groups excluding carboxylic acids is 3. The Kier molecular flexibility index (Phi) is 6.98. The van der Waals surface area contributed by atoms with Crippen molar-refractivity contribution < 1.29 is 14.4 Å². The second kappa shape index (κ2) is 9.21. The first-order valence-electron chi connectivity index (χ1n) is 9.24. The number of para-hydroxylation sites is 1. The molecule has 0 aliphatic heterocycles. The number of amides is 3. The first-order valence-corrected chi connectivity index (χ1v) is 9.24. The van der Waals surface area contributed by atoms with E-state index in [0.29, 0.717) is 6.42 Å². The molecule has 3 atom stereocenters. The van der Waals surface area contributed by atoms with E-state index in [9.17, 15) is 14.4 Å². The number of aromatic amines is 1. The van der Waals surface area contributed by atoms with E-state index in [1.54, 1.807) is 6.92 Å². The summed E-state index contributed by atoms with van der Waals surface area (Å²) in [5.74, 6) is -0.930. The van der Waals surface area contributed by atoms with Crippen molar-refractivity contribution in [3.63, 3.8) is 0 Å². The van der Waals surface area contributed by atoms with Gasteiger partial charge < -0.3 is 20.9 Å². The highest BCUT2D eigenvalue weighted by molar-refractivity contribution is 5.92. The van der Waals surface area contributed by atoms with E-state index >= 15 is 0 Å². The fraction of sp³-hybridized carbons (Fsp3) is 0.450. The molecule has 2 rings (SSSR count). The molecule has 7 heteroatoms. The van der Waals surface area contributed by atoms with Crippen molar-refractivity contribution in [2.24, 2.45) is 0 Å². The molecule has 0 radical (unpaired) electrons. The van der Waals surface area contributed by atoms with Crippen LogP contribution >= 0.6 is 0 Å². The maximum Gasteiger partial charge on any atom is 0.243 e. The van der Waals surface area contributed by atoms with Crippen molar-refractivity contribution in [2.75, 3.05) is 0 Å². The van der Waals surface area contributed by atoms with E-state index in [1.807, 2.05) is 44.3 Å². The Balaban J connectivity index is 2.09. The third-order valence-corrected chi connectivity index (χ3v) is 4.55. The van der Waals surface area contributed by atoms with Crippen LogP contribution in [-0.4, -0.2) is 40.8 Å². The summed E-state index contributed by atoms with van der Waals surface area (Å²) in [4.78, 5) is 39.6. The zero-order valence-electron chi connectivity index (χ0n) is 16.3. The molecule has 146 valence electrons. The van der Waals surface area contributed by atoms with Gasteiger partial charge in [0.15, 0.2) is 0 Å². The smallest absolute Gasteiger partial charge is 0.243 e. The molecular formula is C20H28N4O3.